The average molecular weight is 439 g/mol. The van der Waals surface area contributed by atoms with Gasteiger partial charge >= 0.3 is 6.03 Å². The summed E-state index contributed by atoms with van der Waals surface area (Å²) in [6, 6.07) is 3.26. The lowest BCUT2D eigenvalue weighted by atomic mass is 9.95. The van der Waals surface area contributed by atoms with Crippen LogP contribution in [0.5, 0.6) is 11.5 Å². The smallest absolute Gasteiger partial charge is 0.322 e. The number of carbonyl (C=O) groups is 3. The Morgan fingerprint density at radius 2 is 1.87 bits per heavy atom. The molecule has 0 radical (unpaired) electrons. The van der Waals surface area contributed by atoms with Crippen molar-refractivity contribution in [3.63, 3.8) is 0 Å². The molecular weight excluding hydrogens is 412 g/mol. The highest BCUT2D eigenvalue weighted by Crippen LogP contribution is 2.39. The fourth-order valence-electron chi connectivity index (χ4n) is 3.86. The highest BCUT2D eigenvalue weighted by atomic mass is 35.5. The summed E-state index contributed by atoms with van der Waals surface area (Å²) in [5.74, 6) is 0.621. The minimum absolute atomic E-state index is 0.0389. The Hall–Kier alpha value is -2.68. The van der Waals surface area contributed by atoms with E-state index in [-0.39, 0.29) is 24.8 Å². The first-order chi connectivity index (χ1) is 14.2. The number of hydrogen-bond donors (Lipinski definition) is 2. The zero-order valence-corrected chi connectivity index (χ0v) is 18.3. The van der Waals surface area contributed by atoms with Crippen molar-refractivity contribution in [1.29, 1.82) is 0 Å². The second-order valence-corrected chi connectivity index (χ2v) is 8.16. The quantitative estimate of drug-likeness (QED) is 0.656. The molecule has 1 aromatic carbocycles. The average Bonchev–Trinajstić information content (AvgIpc) is 2.98. The van der Waals surface area contributed by atoms with Crippen LogP contribution in [-0.2, 0) is 9.59 Å². The van der Waals surface area contributed by atoms with Gasteiger partial charge in [-0.25, -0.2) is 4.79 Å². The molecule has 1 aromatic rings. The summed E-state index contributed by atoms with van der Waals surface area (Å²) in [7, 11) is 3.11. The van der Waals surface area contributed by atoms with E-state index >= 15 is 0 Å². The second-order valence-electron chi connectivity index (χ2n) is 7.79. The summed E-state index contributed by atoms with van der Waals surface area (Å²) >= 11 is 6.26. The molecule has 2 aliphatic rings. The topological polar surface area (TPSA) is 100 Å². The highest BCUT2D eigenvalue weighted by Gasteiger charge is 2.42. The number of ether oxygens (including phenoxy) is 2. The van der Waals surface area contributed by atoms with Gasteiger partial charge in [0.05, 0.1) is 14.2 Å². The van der Waals surface area contributed by atoms with Gasteiger partial charge in [0, 0.05) is 49.9 Å². The number of methoxy groups -OCH3 is 2. The lowest BCUT2D eigenvalue weighted by molar-refractivity contribution is -0.132. The monoisotopic (exact) mass is 438 g/mol. The maximum Gasteiger partial charge on any atom is 0.322 e. The molecule has 0 aromatic heterocycles. The largest absolute Gasteiger partial charge is 0.495 e. The summed E-state index contributed by atoms with van der Waals surface area (Å²) in [6.45, 7) is 5.39. The van der Waals surface area contributed by atoms with Gasteiger partial charge in [0.25, 0.3) is 5.91 Å². The Morgan fingerprint density at radius 3 is 2.37 bits per heavy atom. The van der Waals surface area contributed by atoms with Gasteiger partial charge in [0.2, 0.25) is 5.91 Å². The lowest BCUT2D eigenvalue weighted by Crippen LogP contribution is -2.54. The number of anilines is 1. The predicted octanol–water partition coefficient (Wildman–Crippen LogP) is 1.77. The SMILES string of the molecule is COc1cc(N2CCN(C(=O)CC[C@@]3(C)NC(=O)NC3=O)C[C@@H]2C)cc(OC)c1Cl. The predicted molar refractivity (Wildman–Crippen MR) is 112 cm³/mol. The highest BCUT2D eigenvalue weighted by molar-refractivity contribution is 6.33. The summed E-state index contributed by atoms with van der Waals surface area (Å²) in [5.41, 5.74) is -0.137. The Kier molecular flexibility index (Phi) is 6.30. The van der Waals surface area contributed by atoms with Crippen molar-refractivity contribution in [3.05, 3.63) is 17.2 Å². The molecule has 9 nitrogen and oxygen atoms in total. The van der Waals surface area contributed by atoms with E-state index in [0.29, 0.717) is 36.2 Å². The zero-order chi connectivity index (χ0) is 22.1. The number of nitrogens with zero attached hydrogens (tertiary/aromatic N) is 2. The lowest BCUT2D eigenvalue weighted by Gasteiger charge is -2.41. The van der Waals surface area contributed by atoms with Gasteiger partial charge in [0.1, 0.15) is 22.1 Å². The fourth-order valence-corrected chi connectivity index (χ4v) is 4.12. The number of benzene rings is 1. The molecule has 30 heavy (non-hydrogen) atoms. The number of carbonyl (C=O) groups excluding carboxylic acids is 3. The number of piperazine rings is 1. The van der Waals surface area contributed by atoms with E-state index in [2.05, 4.69) is 15.5 Å². The van der Waals surface area contributed by atoms with Crippen molar-refractivity contribution in [2.45, 2.75) is 38.3 Å². The molecule has 0 aliphatic carbocycles. The van der Waals surface area contributed by atoms with Gasteiger partial charge < -0.3 is 24.6 Å². The van der Waals surface area contributed by atoms with Gasteiger partial charge in [0.15, 0.2) is 0 Å². The summed E-state index contributed by atoms with van der Waals surface area (Å²) in [4.78, 5) is 40.0. The molecule has 164 valence electrons. The third-order valence-electron chi connectivity index (χ3n) is 5.70. The molecule has 10 heteroatoms. The molecule has 2 heterocycles. The maximum absolute atomic E-state index is 12.7. The summed E-state index contributed by atoms with van der Waals surface area (Å²) in [5, 5.41) is 5.22. The van der Waals surface area contributed by atoms with Crippen molar-refractivity contribution in [2.75, 3.05) is 38.8 Å². The van der Waals surface area contributed by atoms with E-state index in [1.54, 1.807) is 26.0 Å². The molecule has 2 aliphatic heterocycles. The fraction of sp³-hybridized carbons (Fsp3) is 0.550. The van der Waals surface area contributed by atoms with Crippen LogP contribution in [0.2, 0.25) is 5.02 Å². The standard InChI is InChI=1S/C20H27ClN4O5/c1-12-11-24(16(26)5-6-20(2)18(27)22-19(28)23-20)7-8-25(12)13-9-14(29-3)17(21)15(10-13)30-4/h9-10,12H,5-8,11H2,1-4H3,(H2,22,23,27,28)/t12-,20+/m0/s1. The minimum atomic E-state index is -1.05. The minimum Gasteiger partial charge on any atom is -0.495 e. The Labute approximate surface area is 180 Å². The van der Waals surface area contributed by atoms with E-state index in [1.165, 1.54) is 0 Å². The van der Waals surface area contributed by atoms with Crippen molar-refractivity contribution in [3.8, 4) is 11.5 Å². The van der Waals surface area contributed by atoms with Crippen molar-refractivity contribution in [2.24, 2.45) is 0 Å². The van der Waals surface area contributed by atoms with Gasteiger partial charge in [-0.1, -0.05) is 11.6 Å². The van der Waals surface area contributed by atoms with E-state index in [1.807, 2.05) is 19.1 Å². The first-order valence-corrected chi connectivity index (χ1v) is 10.2. The Balaban J connectivity index is 1.63. The van der Waals surface area contributed by atoms with E-state index in [9.17, 15) is 14.4 Å². The number of halogens is 1. The van der Waals surface area contributed by atoms with E-state index < -0.39 is 17.5 Å². The van der Waals surface area contributed by atoms with Crippen LogP contribution in [0.25, 0.3) is 0 Å². The molecule has 2 N–H and O–H groups in total. The maximum atomic E-state index is 12.7. The van der Waals surface area contributed by atoms with Gasteiger partial charge in [-0.05, 0) is 20.3 Å². The first kappa shape index (κ1) is 22.0. The molecule has 2 saturated heterocycles. The van der Waals surface area contributed by atoms with Crippen LogP contribution in [0.15, 0.2) is 12.1 Å². The number of rotatable bonds is 6. The molecule has 0 unspecified atom stereocenters. The van der Waals surface area contributed by atoms with Gasteiger partial charge in [-0.15, -0.1) is 0 Å². The third-order valence-corrected chi connectivity index (χ3v) is 6.07. The summed E-state index contributed by atoms with van der Waals surface area (Å²) < 4.78 is 10.7. The van der Waals surface area contributed by atoms with E-state index in [4.69, 9.17) is 21.1 Å². The van der Waals surface area contributed by atoms with Crippen LogP contribution in [0.4, 0.5) is 10.5 Å². The Morgan fingerprint density at radius 1 is 1.23 bits per heavy atom. The zero-order valence-electron chi connectivity index (χ0n) is 17.6. The van der Waals surface area contributed by atoms with Gasteiger partial charge in [-0.2, -0.15) is 0 Å². The van der Waals surface area contributed by atoms with Crippen molar-refractivity contribution >= 4 is 35.1 Å². The molecule has 0 spiro atoms. The van der Waals surface area contributed by atoms with E-state index in [0.717, 1.165) is 5.69 Å². The number of hydrogen-bond acceptors (Lipinski definition) is 6. The molecule has 0 saturated carbocycles. The van der Waals surface area contributed by atoms with Crippen molar-refractivity contribution in [1.82, 2.24) is 15.5 Å². The number of amides is 4. The summed E-state index contributed by atoms with van der Waals surface area (Å²) in [6.07, 6.45) is 0.434. The van der Waals surface area contributed by atoms with Gasteiger partial charge in [-0.3, -0.25) is 14.9 Å². The number of imide groups is 1. The van der Waals surface area contributed by atoms with Crippen LogP contribution >= 0.6 is 11.6 Å². The van der Waals surface area contributed by atoms with Crippen molar-refractivity contribution < 1.29 is 23.9 Å². The van der Waals surface area contributed by atoms with Crippen LogP contribution < -0.4 is 25.0 Å². The molecule has 4 amide bonds. The molecule has 2 atom stereocenters. The van der Waals surface area contributed by atoms with Crippen LogP contribution in [-0.4, -0.2) is 68.2 Å². The van der Waals surface area contributed by atoms with Crippen LogP contribution in [0.1, 0.15) is 26.7 Å². The first-order valence-electron chi connectivity index (χ1n) is 9.78. The third kappa shape index (κ3) is 4.26. The second kappa shape index (κ2) is 8.59. The molecular formula is C20H27ClN4O5. The molecule has 3 rings (SSSR count). The molecule has 0 bridgehead atoms. The van der Waals surface area contributed by atoms with Crippen LogP contribution in [0, 0.1) is 0 Å². The normalized spacial score (nSPS) is 23.8. The number of urea groups is 1. The number of nitrogens with one attached hydrogen (secondary N) is 2. The molecule has 2 fully saturated rings. The van der Waals surface area contributed by atoms with Crippen LogP contribution in [0.3, 0.4) is 0 Å². The Bertz CT molecular complexity index is 839.